The van der Waals surface area contributed by atoms with Gasteiger partial charge in [-0.2, -0.15) is 0 Å². The molecule has 4 aliphatic carbocycles. The molecule has 1 aromatic rings. The maximum Gasteiger partial charge on any atom is 0.319 e. The molecule has 4 saturated carbocycles. The fourth-order valence-corrected chi connectivity index (χ4v) is 7.54. The molecule has 0 unspecified atom stereocenters. The molecule has 0 radical (unpaired) electrons. The summed E-state index contributed by atoms with van der Waals surface area (Å²) < 4.78 is 0. The molecule has 0 spiro atoms. The van der Waals surface area contributed by atoms with E-state index in [0.717, 1.165) is 68.6 Å². The third-order valence-corrected chi connectivity index (χ3v) is 8.65. The number of anilines is 2. The number of carbonyl (C=O) groups excluding carboxylic acids is 2. The van der Waals surface area contributed by atoms with E-state index in [-0.39, 0.29) is 17.5 Å². The second kappa shape index (κ2) is 9.19. The van der Waals surface area contributed by atoms with Crippen LogP contribution in [0.4, 0.5) is 16.2 Å². The molecule has 5 aliphatic rings. The Morgan fingerprint density at radius 1 is 0.970 bits per heavy atom. The van der Waals surface area contributed by atoms with Gasteiger partial charge in [-0.3, -0.25) is 4.79 Å². The maximum atomic E-state index is 13.4. The lowest BCUT2D eigenvalue weighted by molar-refractivity contribution is -0.0127. The Morgan fingerprint density at radius 2 is 1.58 bits per heavy atom. The van der Waals surface area contributed by atoms with Gasteiger partial charge in [0.05, 0.1) is 5.56 Å². The smallest absolute Gasteiger partial charge is 0.319 e. The van der Waals surface area contributed by atoms with Gasteiger partial charge in [-0.15, -0.1) is 0 Å². The molecule has 5 fully saturated rings. The Bertz CT molecular complexity index is 853. The van der Waals surface area contributed by atoms with Gasteiger partial charge in [-0.25, -0.2) is 4.79 Å². The number of hydrogen-bond acceptors (Lipinski definition) is 3. The number of benzene rings is 1. The largest absolute Gasteiger partial charge is 0.371 e. The Morgan fingerprint density at radius 3 is 2.15 bits per heavy atom. The van der Waals surface area contributed by atoms with Gasteiger partial charge in [-0.05, 0) is 108 Å². The lowest BCUT2D eigenvalue weighted by Gasteiger charge is -2.56. The van der Waals surface area contributed by atoms with Crippen LogP contribution >= 0.6 is 0 Å². The minimum Gasteiger partial charge on any atom is -0.371 e. The minimum atomic E-state index is -0.121. The van der Waals surface area contributed by atoms with Gasteiger partial charge in [0.25, 0.3) is 5.91 Å². The molecular formula is C27H40N4O2. The number of rotatable bonds is 6. The summed E-state index contributed by atoms with van der Waals surface area (Å²) in [4.78, 5) is 30.7. The molecule has 180 valence electrons. The van der Waals surface area contributed by atoms with Crippen LogP contribution in [0.2, 0.25) is 0 Å². The van der Waals surface area contributed by atoms with E-state index >= 15 is 0 Å². The first kappa shape index (κ1) is 22.5. The summed E-state index contributed by atoms with van der Waals surface area (Å²) in [7, 11) is 0. The standard InChI is InChI=1S/C27H40N4O2/c1-3-30(4-2)25(32)23-15-22(8-9-24(23)31-10-6-5-7-11-31)28-26(33)29-27-16-19-12-20(17-27)14-21(13-19)18-27/h8-9,15,19-21H,3-7,10-14,16-18H2,1-2H3,(H2,28,29,33). The van der Waals surface area contributed by atoms with Crippen LogP contribution in [0.1, 0.15) is 82.0 Å². The number of nitrogens with one attached hydrogen (secondary N) is 2. The number of piperidine rings is 1. The van der Waals surface area contributed by atoms with Gasteiger partial charge in [0, 0.05) is 43.1 Å². The van der Waals surface area contributed by atoms with Crippen LogP contribution < -0.4 is 15.5 Å². The van der Waals surface area contributed by atoms with Gasteiger partial charge in [0.15, 0.2) is 0 Å². The normalized spacial score (nSPS) is 30.2. The van der Waals surface area contributed by atoms with E-state index in [1.807, 2.05) is 36.9 Å². The summed E-state index contributed by atoms with van der Waals surface area (Å²) >= 11 is 0. The van der Waals surface area contributed by atoms with Crippen molar-refractivity contribution in [1.29, 1.82) is 0 Å². The Labute approximate surface area is 198 Å². The van der Waals surface area contributed by atoms with E-state index in [4.69, 9.17) is 0 Å². The third kappa shape index (κ3) is 4.58. The summed E-state index contributed by atoms with van der Waals surface area (Å²) in [5.41, 5.74) is 2.38. The van der Waals surface area contributed by atoms with Crippen LogP contribution in [0.5, 0.6) is 0 Å². The van der Waals surface area contributed by atoms with Crippen molar-refractivity contribution >= 4 is 23.3 Å². The van der Waals surface area contributed by atoms with Crippen molar-refractivity contribution < 1.29 is 9.59 Å². The molecule has 33 heavy (non-hydrogen) atoms. The minimum absolute atomic E-state index is 0.0214. The highest BCUT2D eigenvalue weighted by Gasteiger charge is 2.51. The van der Waals surface area contributed by atoms with E-state index in [1.165, 1.54) is 25.7 Å². The van der Waals surface area contributed by atoms with Crippen molar-refractivity contribution in [3.8, 4) is 0 Å². The average Bonchev–Trinajstić information content (AvgIpc) is 2.79. The molecule has 6 nitrogen and oxygen atoms in total. The van der Waals surface area contributed by atoms with Crippen LogP contribution in [-0.2, 0) is 0 Å². The Hall–Kier alpha value is -2.24. The molecule has 0 atom stereocenters. The van der Waals surface area contributed by atoms with Crippen LogP contribution in [0.25, 0.3) is 0 Å². The number of hydrogen-bond donors (Lipinski definition) is 2. The average molecular weight is 453 g/mol. The zero-order chi connectivity index (χ0) is 23.0. The summed E-state index contributed by atoms with van der Waals surface area (Å²) in [5.74, 6) is 2.42. The number of carbonyl (C=O) groups is 2. The van der Waals surface area contributed by atoms with Crippen molar-refractivity contribution in [3.63, 3.8) is 0 Å². The zero-order valence-corrected chi connectivity index (χ0v) is 20.4. The first-order chi connectivity index (χ1) is 16.0. The summed E-state index contributed by atoms with van der Waals surface area (Å²) in [6.07, 6.45) is 11.0. The molecule has 4 bridgehead atoms. The Balaban J connectivity index is 1.34. The first-order valence-corrected chi connectivity index (χ1v) is 13.3. The van der Waals surface area contributed by atoms with Crippen molar-refractivity contribution in [3.05, 3.63) is 23.8 Å². The highest BCUT2D eigenvalue weighted by atomic mass is 16.2. The van der Waals surface area contributed by atoms with Gasteiger partial charge >= 0.3 is 6.03 Å². The molecule has 6 heteroatoms. The number of nitrogens with zero attached hydrogens (tertiary/aromatic N) is 2. The van der Waals surface area contributed by atoms with E-state index in [1.54, 1.807) is 0 Å². The predicted molar refractivity (Wildman–Crippen MR) is 133 cm³/mol. The highest BCUT2D eigenvalue weighted by molar-refractivity contribution is 6.02. The van der Waals surface area contributed by atoms with Gasteiger partial charge in [-0.1, -0.05) is 0 Å². The SMILES string of the molecule is CCN(CC)C(=O)c1cc(NC(=O)NC23CC4CC(CC(C4)C2)C3)ccc1N1CCCCC1. The van der Waals surface area contributed by atoms with Gasteiger partial charge in [0.1, 0.15) is 0 Å². The first-order valence-electron chi connectivity index (χ1n) is 13.3. The fourth-order valence-electron chi connectivity index (χ4n) is 7.54. The summed E-state index contributed by atoms with van der Waals surface area (Å²) in [6.45, 7) is 7.36. The third-order valence-electron chi connectivity index (χ3n) is 8.65. The molecule has 3 amide bonds. The van der Waals surface area contributed by atoms with Crippen molar-refractivity contribution in [2.75, 3.05) is 36.4 Å². The molecular weight excluding hydrogens is 412 g/mol. The van der Waals surface area contributed by atoms with Crippen molar-refractivity contribution in [2.24, 2.45) is 17.8 Å². The molecule has 1 heterocycles. The second-order valence-electron chi connectivity index (χ2n) is 11.0. The van der Waals surface area contributed by atoms with E-state index < -0.39 is 0 Å². The zero-order valence-electron chi connectivity index (χ0n) is 20.4. The molecule has 0 aromatic heterocycles. The molecule has 1 saturated heterocycles. The second-order valence-corrected chi connectivity index (χ2v) is 11.0. The van der Waals surface area contributed by atoms with Crippen LogP contribution in [-0.4, -0.2) is 48.6 Å². The van der Waals surface area contributed by atoms with E-state index in [2.05, 4.69) is 15.5 Å². The summed E-state index contributed by atoms with van der Waals surface area (Å²) in [5, 5.41) is 6.47. The van der Waals surface area contributed by atoms with Gasteiger partial charge < -0.3 is 20.4 Å². The number of urea groups is 1. The highest BCUT2D eigenvalue weighted by Crippen LogP contribution is 2.55. The van der Waals surface area contributed by atoms with Crippen LogP contribution in [0.3, 0.4) is 0 Å². The lowest BCUT2D eigenvalue weighted by atomic mass is 9.53. The molecule has 2 N–H and O–H groups in total. The van der Waals surface area contributed by atoms with Crippen molar-refractivity contribution in [1.82, 2.24) is 10.2 Å². The molecule has 1 aliphatic heterocycles. The van der Waals surface area contributed by atoms with Crippen LogP contribution in [0.15, 0.2) is 18.2 Å². The predicted octanol–water partition coefficient (Wildman–Crippen LogP) is 5.25. The van der Waals surface area contributed by atoms with E-state index in [9.17, 15) is 9.59 Å². The topological polar surface area (TPSA) is 64.7 Å². The monoisotopic (exact) mass is 452 g/mol. The maximum absolute atomic E-state index is 13.4. The Kier molecular flexibility index (Phi) is 6.28. The van der Waals surface area contributed by atoms with Crippen molar-refractivity contribution in [2.45, 2.75) is 77.2 Å². The van der Waals surface area contributed by atoms with Gasteiger partial charge in [0.2, 0.25) is 0 Å². The fraction of sp³-hybridized carbons (Fsp3) is 0.704. The molecule has 6 rings (SSSR count). The lowest BCUT2D eigenvalue weighted by Crippen LogP contribution is -2.60. The molecule has 1 aromatic carbocycles. The van der Waals surface area contributed by atoms with Crippen LogP contribution in [0, 0.1) is 17.8 Å². The van der Waals surface area contributed by atoms with E-state index in [0.29, 0.717) is 24.3 Å². The summed E-state index contributed by atoms with van der Waals surface area (Å²) in [6, 6.07) is 5.76. The quantitative estimate of drug-likeness (QED) is 0.620. The number of amides is 3.